The van der Waals surface area contributed by atoms with Gasteiger partial charge in [0.05, 0.1) is 16.0 Å². The van der Waals surface area contributed by atoms with Crippen molar-refractivity contribution in [2.75, 3.05) is 26.2 Å². The molecule has 0 saturated heterocycles. The standard InChI is InChI=1S/C22H26N2O4S/c1-4-23(5-2)14-15-28-22(25)19-8-11-21-18(16-19)12-13-24(21)29(26,27)20-9-6-17(3)7-10-20/h6-13,16H,4-5,14-15H2,1-3H3. The van der Waals surface area contributed by atoms with Gasteiger partial charge in [-0.15, -0.1) is 0 Å². The van der Waals surface area contributed by atoms with Crippen LogP contribution in [0.15, 0.2) is 59.6 Å². The second kappa shape index (κ2) is 8.80. The summed E-state index contributed by atoms with van der Waals surface area (Å²) < 4.78 is 32.5. The summed E-state index contributed by atoms with van der Waals surface area (Å²) in [5.74, 6) is -0.409. The minimum atomic E-state index is -3.71. The highest BCUT2D eigenvalue weighted by atomic mass is 32.2. The molecule has 0 amide bonds. The van der Waals surface area contributed by atoms with Crippen LogP contribution < -0.4 is 0 Å². The maximum Gasteiger partial charge on any atom is 0.338 e. The van der Waals surface area contributed by atoms with Gasteiger partial charge >= 0.3 is 5.97 Å². The monoisotopic (exact) mass is 414 g/mol. The minimum absolute atomic E-state index is 0.223. The van der Waals surface area contributed by atoms with Gasteiger partial charge in [-0.2, -0.15) is 0 Å². The number of hydrogen-bond acceptors (Lipinski definition) is 5. The fraction of sp³-hybridized carbons (Fsp3) is 0.318. The van der Waals surface area contributed by atoms with Crippen molar-refractivity contribution in [2.24, 2.45) is 0 Å². The van der Waals surface area contributed by atoms with E-state index in [0.29, 0.717) is 29.6 Å². The molecule has 6 nitrogen and oxygen atoms in total. The van der Waals surface area contributed by atoms with E-state index in [1.54, 1.807) is 48.5 Å². The molecule has 1 heterocycles. The van der Waals surface area contributed by atoms with Crippen LogP contribution in [-0.2, 0) is 14.8 Å². The Hall–Kier alpha value is -2.64. The number of ether oxygens (including phenoxy) is 1. The smallest absolute Gasteiger partial charge is 0.338 e. The van der Waals surface area contributed by atoms with Gasteiger partial charge in [-0.25, -0.2) is 17.2 Å². The number of likely N-dealkylation sites (N-methyl/N-ethyl adjacent to an activating group) is 1. The van der Waals surface area contributed by atoms with Crippen molar-refractivity contribution in [1.82, 2.24) is 8.87 Å². The first-order valence-electron chi connectivity index (χ1n) is 9.69. The predicted octanol–water partition coefficient (Wildman–Crippen LogP) is 3.69. The number of nitrogens with zero attached hydrogens (tertiary/aromatic N) is 2. The van der Waals surface area contributed by atoms with Crippen molar-refractivity contribution in [3.63, 3.8) is 0 Å². The maximum atomic E-state index is 13.0. The largest absolute Gasteiger partial charge is 0.461 e. The van der Waals surface area contributed by atoms with Crippen molar-refractivity contribution in [3.8, 4) is 0 Å². The second-order valence-electron chi connectivity index (χ2n) is 6.87. The SMILES string of the molecule is CCN(CC)CCOC(=O)c1ccc2c(ccn2S(=O)(=O)c2ccc(C)cc2)c1. The number of aromatic nitrogens is 1. The molecule has 0 N–H and O–H groups in total. The van der Waals surface area contributed by atoms with Crippen LogP contribution in [0.5, 0.6) is 0 Å². The zero-order valence-corrected chi connectivity index (χ0v) is 17.8. The zero-order chi connectivity index (χ0) is 21.0. The van der Waals surface area contributed by atoms with Gasteiger partial charge < -0.3 is 9.64 Å². The van der Waals surface area contributed by atoms with Gasteiger partial charge in [0.1, 0.15) is 6.61 Å². The van der Waals surface area contributed by atoms with Crippen molar-refractivity contribution < 1.29 is 17.9 Å². The molecule has 0 saturated carbocycles. The van der Waals surface area contributed by atoms with Crippen LogP contribution in [0.2, 0.25) is 0 Å². The average Bonchev–Trinajstić information content (AvgIpc) is 3.15. The van der Waals surface area contributed by atoms with E-state index >= 15 is 0 Å². The molecule has 0 spiro atoms. The Bertz CT molecular complexity index is 1100. The third kappa shape index (κ3) is 4.52. The van der Waals surface area contributed by atoms with Gasteiger partial charge in [-0.05, 0) is 56.4 Å². The normalized spacial score (nSPS) is 11.9. The third-order valence-corrected chi connectivity index (χ3v) is 6.71. The highest BCUT2D eigenvalue weighted by molar-refractivity contribution is 7.90. The fourth-order valence-corrected chi connectivity index (χ4v) is 4.52. The molecule has 154 valence electrons. The number of fused-ring (bicyclic) bond motifs is 1. The first kappa shape index (κ1) is 21.1. The molecule has 2 aromatic carbocycles. The van der Waals surface area contributed by atoms with Crippen LogP contribution in [0.4, 0.5) is 0 Å². The van der Waals surface area contributed by atoms with Crippen LogP contribution in [0, 0.1) is 6.92 Å². The summed E-state index contributed by atoms with van der Waals surface area (Å²) in [4.78, 5) is 14.7. The van der Waals surface area contributed by atoms with Gasteiger partial charge in [0.25, 0.3) is 10.0 Å². The fourth-order valence-electron chi connectivity index (χ4n) is 3.17. The van der Waals surface area contributed by atoms with E-state index in [4.69, 9.17) is 4.74 Å². The van der Waals surface area contributed by atoms with Gasteiger partial charge in [-0.1, -0.05) is 31.5 Å². The predicted molar refractivity (Wildman–Crippen MR) is 114 cm³/mol. The lowest BCUT2D eigenvalue weighted by Gasteiger charge is -2.17. The van der Waals surface area contributed by atoms with E-state index in [9.17, 15) is 13.2 Å². The number of aryl methyl sites for hydroxylation is 1. The quantitative estimate of drug-likeness (QED) is 0.526. The first-order chi connectivity index (χ1) is 13.9. The topological polar surface area (TPSA) is 68.6 Å². The van der Waals surface area contributed by atoms with Gasteiger partial charge in [0.15, 0.2) is 0 Å². The Morgan fingerprint density at radius 1 is 1.03 bits per heavy atom. The molecule has 0 unspecified atom stereocenters. The molecule has 29 heavy (non-hydrogen) atoms. The number of carbonyl (C=O) groups is 1. The third-order valence-electron chi connectivity index (χ3n) is 5.00. The number of benzene rings is 2. The summed E-state index contributed by atoms with van der Waals surface area (Å²) in [7, 11) is -3.71. The van der Waals surface area contributed by atoms with E-state index in [-0.39, 0.29) is 4.90 Å². The first-order valence-corrected chi connectivity index (χ1v) is 11.1. The number of rotatable bonds is 8. The Morgan fingerprint density at radius 2 is 1.72 bits per heavy atom. The molecular weight excluding hydrogens is 388 g/mol. The van der Waals surface area contributed by atoms with Crippen LogP contribution in [0.25, 0.3) is 10.9 Å². The van der Waals surface area contributed by atoms with Crippen molar-refractivity contribution in [3.05, 3.63) is 65.9 Å². The van der Waals surface area contributed by atoms with Crippen LogP contribution in [0.3, 0.4) is 0 Å². The van der Waals surface area contributed by atoms with Crippen LogP contribution in [0.1, 0.15) is 29.8 Å². The molecule has 0 aliphatic carbocycles. The maximum absolute atomic E-state index is 13.0. The zero-order valence-electron chi connectivity index (χ0n) is 17.0. The Kier molecular flexibility index (Phi) is 6.39. The molecule has 0 bridgehead atoms. The lowest BCUT2D eigenvalue weighted by Crippen LogP contribution is -2.27. The summed E-state index contributed by atoms with van der Waals surface area (Å²) in [5, 5.41) is 0.666. The number of carbonyl (C=O) groups excluding carboxylic acids is 1. The summed E-state index contributed by atoms with van der Waals surface area (Å²) >= 11 is 0. The van der Waals surface area contributed by atoms with E-state index < -0.39 is 16.0 Å². The minimum Gasteiger partial charge on any atom is -0.461 e. The molecular formula is C22H26N2O4S. The van der Waals surface area contributed by atoms with Crippen LogP contribution in [-0.4, -0.2) is 49.5 Å². The molecule has 0 atom stereocenters. The second-order valence-corrected chi connectivity index (χ2v) is 8.68. The molecule has 0 aliphatic rings. The van der Waals surface area contributed by atoms with Crippen LogP contribution >= 0.6 is 0 Å². The lowest BCUT2D eigenvalue weighted by atomic mass is 10.1. The highest BCUT2D eigenvalue weighted by Gasteiger charge is 2.19. The molecule has 1 aromatic heterocycles. The molecule has 3 rings (SSSR count). The molecule has 0 radical (unpaired) electrons. The molecule has 0 fully saturated rings. The van der Waals surface area contributed by atoms with Gasteiger partial charge in [0, 0.05) is 18.1 Å². The Balaban J connectivity index is 1.81. The van der Waals surface area contributed by atoms with E-state index in [0.717, 1.165) is 18.7 Å². The van der Waals surface area contributed by atoms with E-state index in [1.165, 1.54) is 10.2 Å². The van der Waals surface area contributed by atoms with Crippen molar-refractivity contribution >= 4 is 26.9 Å². The summed E-state index contributed by atoms with van der Waals surface area (Å²) in [5.41, 5.74) is 1.92. The summed E-state index contributed by atoms with van der Waals surface area (Å²) in [6.07, 6.45) is 1.51. The Labute approximate surface area is 171 Å². The van der Waals surface area contributed by atoms with Gasteiger partial charge in [-0.3, -0.25) is 0 Å². The van der Waals surface area contributed by atoms with E-state index in [1.807, 2.05) is 6.92 Å². The van der Waals surface area contributed by atoms with Gasteiger partial charge in [0.2, 0.25) is 0 Å². The Morgan fingerprint density at radius 3 is 2.38 bits per heavy atom. The molecule has 3 aromatic rings. The number of hydrogen-bond donors (Lipinski definition) is 0. The summed E-state index contributed by atoms with van der Waals surface area (Å²) in [6, 6.07) is 13.3. The summed E-state index contributed by atoms with van der Waals surface area (Å²) in [6.45, 7) is 8.85. The molecule has 0 aliphatic heterocycles. The average molecular weight is 415 g/mol. The van der Waals surface area contributed by atoms with E-state index in [2.05, 4.69) is 18.7 Å². The van der Waals surface area contributed by atoms with Crippen molar-refractivity contribution in [2.45, 2.75) is 25.7 Å². The lowest BCUT2D eigenvalue weighted by molar-refractivity contribution is 0.0466. The van der Waals surface area contributed by atoms with Crippen molar-refractivity contribution in [1.29, 1.82) is 0 Å². The number of esters is 1. The highest BCUT2D eigenvalue weighted by Crippen LogP contribution is 2.23. The molecule has 7 heteroatoms.